The van der Waals surface area contributed by atoms with Crippen molar-refractivity contribution in [3.05, 3.63) is 71.0 Å². The van der Waals surface area contributed by atoms with Gasteiger partial charge in [-0.2, -0.15) is 0 Å². The van der Waals surface area contributed by atoms with Crippen LogP contribution in [0.25, 0.3) is 0 Å². The zero-order chi connectivity index (χ0) is 18.5. The number of anilines is 1. The first kappa shape index (κ1) is 18.1. The molecule has 2 heterocycles. The number of halogens is 2. The molecule has 1 atom stereocenters. The summed E-state index contributed by atoms with van der Waals surface area (Å²) in [4.78, 5) is 12.9. The number of nitrogens with zero attached hydrogens (tertiary/aromatic N) is 3. The van der Waals surface area contributed by atoms with Crippen LogP contribution in [0, 0.1) is 5.82 Å². The fourth-order valence-electron chi connectivity index (χ4n) is 2.38. The van der Waals surface area contributed by atoms with Gasteiger partial charge in [-0.1, -0.05) is 24.6 Å². The smallest absolute Gasteiger partial charge is 0.219 e. The molecule has 3 rings (SSSR count). The summed E-state index contributed by atoms with van der Waals surface area (Å²) < 4.78 is 18.7. The van der Waals surface area contributed by atoms with Crippen LogP contribution in [0.2, 0.25) is 5.02 Å². The van der Waals surface area contributed by atoms with E-state index < -0.39 is 0 Å². The zero-order valence-corrected chi connectivity index (χ0v) is 15.2. The number of hydrogen-bond acceptors (Lipinski definition) is 5. The Morgan fingerprint density at radius 1 is 1.15 bits per heavy atom. The minimum Gasteiger partial charge on any atom is -0.439 e. The van der Waals surface area contributed by atoms with Gasteiger partial charge in [-0.15, -0.1) is 0 Å². The minimum atomic E-state index is -0.315. The van der Waals surface area contributed by atoms with Crippen LogP contribution in [-0.4, -0.2) is 15.0 Å². The van der Waals surface area contributed by atoms with E-state index in [0.29, 0.717) is 22.5 Å². The van der Waals surface area contributed by atoms with E-state index in [-0.39, 0.29) is 11.9 Å². The lowest BCUT2D eigenvalue weighted by Crippen LogP contribution is -2.11. The molecular formula is C19H18ClFN4O. The summed E-state index contributed by atoms with van der Waals surface area (Å²) in [5.41, 5.74) is 1.55. The molecule has 0 spiro atoms. The van der Waals surface area contributed by atoms with E-state index in [1.165, 1.54) is 18.5 Å². The Morgan fingerprint density at radius 2 is 1.92 bits per heavy atom. The lowest BCUT2D eigenvalue weighted by atomic mass is 10.2. The van der Waals surface area contributed by atoms with Crippen molar-refractivity contribution in [3.63, 3.8) is 0 Å². The Morgan fingerprint density at radius 3 is 2.65 bits per heavy atom. The SMILES string of the molecule is CCc1ncnc(NC(C)c2cccc(Oc3ccc(F)cc3)n2)c1Cl. The van der Waals surface area contributed by atoms with Crippen LogP contribution in [0.5, 0.6) is 11.6 Å². The van der Waals surface area contributed by atoms with Crippen molar-refractivity contribution in [1.82, 2.24) is 15.0 Å². The number of aryl methyl sites for hydroxylation is 1. The molecule has 0 aliphatic heterocycles. The molecular weight excluding hydrogens is 355 g/mol. The van der Waals surface area contributed by atoms with Gasteiger partial charge in [0, 0.05) is 6.07 Å². The zero-order valence-electron chi connectivity index (χ0n) is 14.4. The predicted molar refractivity (Wildman–Crippen MR) is 99.2 cm³/mol. The Kier molecular flexibility index (Phi) is 5.63. The van der Waals surface area contributed by atoms with Crippen molar-refractivity contribution in [2.75, 3.05) is 5.32 Å². The summed E-state index contributed by atoms with van der Waals surface area (Å²) >= 11 is 6.33. The van der Waals surface area contributed by atoms with Crippen LogP contribution in [0.1, 0.15) is 31.3 Å². The molecule has 0 aliphatic rings. The summed E-state index contributed by atoms with van der Waals surface area (Å²) in [6, 6.07) is 11.1. The standard InChI is InChI=1S/C19H18ClFN4O/c1-3-15-18(20)19(23-11-22-15)24-12(2)16-5-4-6-17(25-16)26-14-9-7-13(21)8-10-14/h4-12H,3H2,1-2H3,(H,22,23,24). The predicted octanol–water partition coefficient (Wildman–Crippen LogP) is 5.19. The summed E-state index contributed by atoms with van der Waals surface area (Å²) in [5.74, 6) is 1.19. The molecule has 0 amide bonds. The van der Waals surface area contributed by atoms with Crippen LogP contribution in [0.4, 0.5) is 10.2 Å². The van der Waals surface area contributed by atoms with E-state index in [4.69, 9.17) is 16.3 Å². The number of aromatic nitrogens is 3. The number of benzene rings is 1. The molecule has 7 heteroatoms. The second-order valence-electron chi connectivity index (χ2n) is 5.66. The van der Waals surface area contributed by atoms with E-state index in [1.807, 2.05) is 26.0 Å². The topological polar surface area (TPSA) is 59.9 Å². The molecule has 0 aliphatic carbocycles. The highest BCUT2D eigenvalue weighted by atomic mass is 35.5. The highest BCUT2D eigenvalue weighted by Crippen LogP contribution is 2.27. The van der Waals surface area contributed by atoms with Crippen molar-refractivity contribution in [1.29, 1.82) is 0 Å². The van der Waals surface area contributed by atoms with E-state index in [1.54, 1.807) is 18.2 Å². The molecule has 1 N–H and O–H groups in total. The largest absolute Gasteiger partial charge is 0.439 e. The number of rotatable bonds is 6. The van der Waals surface area contributed by atoms with E-state index in [0.717, 1.165) is 17.8 Å². The van der Waals surface area contributed by atoms with Crippen molar-refractivity contribution in [3.8, 4) is 11.6 Å². The van der Waals surface area contributed by atoms with Gasteiger partial charge in [0.25, 0.3) is 0 Å². The van der Waals surface area contributed by atoms with Gasteiger partial charge >= 0.3 is 0 Å². The maximum Gasteiger partial charge on any atom is 0.219 e. The van der Waals surface area contributed by atoms with Crippen LogP contribution in [0.3, 0.4) is 0 Å². The van der Waals surface area contributed by atoms with Crippen LogP contribution < -0.4 is 10.1 Å². The number of hydrogen-bond donors (Lipinski definition) is 1. The third-order valence-corrected chi connectivity index (χ3v) is 4.17. The maximum atomic E-state index is 13.0. The lowest BCUT2D eigenvalue weighted by molar-refractivity contribution is 0.458. The minimum absolute atomic E-state index is 0.149. The first-order valence-corrected chi connectivity index (χ1v) is 8.61. The van der Waals surface area contributed by atoms with Gasteiger partial charge in [0.15, 0.2) is 0 Å². The monoisotopic (exact) mass is 372 g/mol. The van der Waals surface area contributed by atoms with Crippen LogP contribution in [-0.2, 0) is 6.42 Å². The molecule has 134 valence electrons. The van der Waals surface area contributed by atoms with Gasteiger partial charge in [-0.25, -0.2) is 19.3 Å². The lowest BCUT2D eigenvalue weighted by Gasteiger charge is -2.16. The molecule has 2 aromatic heterocycles. The van der Waals surface area contributed by atoms with E-state index in [9.17, 15) is 4.39 Å². The van der Waals surface area contributed by atoms with Crippen molar-refractivity contribution >= 4 is 17.4 Å². The average molecular weight is 373 g/mol. The Labute approximate surface area is 156 Å². The molecule has 5 nitrogen and oxygen atoms in total. The quantitative estimate of drug-likeness (QED) is 0.645. The first-order chi connectivity index (χ1) is 12.6. The molecule has 0 fully saturated rings. The molecule has 0 saturated carbocycles. The Bertz CT molecular complexity index is 889. The van der Waals surface area contributed by atoms with Gasteiger partial charge in [0.05, 0.1) is 17.4 Å². The highest BCUT2D eigenvalue weighted by Gasteiger charge is 2.13. The van der Waals surface area contributed by atoms with Gasteiger partial charge < -0.3 is 10.1 Å². The third kappa shape index (κ3) is 4.26. The average Bonchev–Trinajstić information content (AvgIpc) is 2.65. The van der Waals surface area contributed by atoms with E-state index >= 15 is 0 Å². The molecule has 0 radical (unpaired) electrons. The van der Waals surface area contributed by atoms with Gasteiger partial charge in [-0.3, -0.25) is 0 Å². The number of ether oxygens (including phenoxy) is 1. The molecule has 1 aromatic carbocycles. The van der Waals surface area contributed by atoms with Crippen molar-refractivity contribution in [2.45, 2.75) is 26.3 Å². The van der Waals surface area contributed by atoms with E-state index in [2.05, 4.69) is 20.3 Å². The maximum absolute atomic E-state index is 13.0. The normalized spacial score (nSPS) is 11.8. The van der Waals surface area contributed by atoms with Crippen molar-refractivity contribution in [2.24, 2.45) is 0 Å². The molecule has 3 aromatic rings. The Balaban J connectivity index is 1.76. The van der Waals surface area contributed by atoms with Crippen LogP contribution >= 0.6 is 11.6 Å². The molecule has 26 heavy (non-hydrogen) atoms. The summed E-state index contributed by atoms with van der Waals surface area (Å²) in [5, 5.41) is 3.76. The first-order valence-electron chi connectivity index (χ1n) is 8.23. The number of pyridine rings is 1. The highest BCUT2D eigenvalue weighted by molar-refractivity contribution is 6.33. The third-order valence-electron chi connectivity index (χ3n) is 3.77. The molecule has 0 saturated heterocycles. The number of nitrogens with one attached hydrogen (secondary N) is 1. The van der Waals surface area contributed by atoms with Crippen molar-refractivity contribution < 1.29 is 9.13 Å². The van der Waals surface area contributed by atoms with Gasteiger partial charge in [0.2, 0.25) is 5.88 Å². The second kappa shape index (κ2) is 8.10. The Hall–Kier alpha value is -2.73. The fourth-order valence-corrected chi connectivity index (χ4v) is 2.67. The summed E-state index contributed by atoms with van der Waals surface area (Å²) in [7, 11) is 0. The second-order valence-corrected chi connectivity index (χ2v) is 6.04. The fraction of sp³-hybridized carbons (Fsp3) is 0.211. The summed E-state index contributed by atoms with van der Waals surface area (Å²) in [6.45, 7) is 3.94. The molecule has 1 unspecified atom stereocenters. The molecule has 0 bridgehead atoms. The summed E-state index contributed by atoms with van der Waals surface area (Å²) in [6.07, 6.45) is 2.21. The van der Waals surface area contributed by atoms with Gasteiger partial charge in [0.1, 0.15) is 28.7 Å². The van der Waals surface area contributed by atoms with Gasteiger partial charge in [-0.05, 0) is 43.7 Å². The van der Waals surface area contributed by atoms with Crippen LogP contribution in [0.15, 0.2) is 48.8 Å².